The second-order valence-corrected chi connectivity index (χ2v) is 4.02. The van der Waals surface area contributed by atoms with Crippen LogP contribution in [0.4, 0.5) is 0 Å². The highest BCUT2D eigenvalue weighted by Crippen LogP contribution is 2.31. The van der Waals surface area contributed by atoms with Crippen LogP contribution in [0.3, 0.4) is 0 Å². The summed E-state index contributed by atoms with van der Waals surface area (Å²) in [6.07, 6.45) is 3.82. The van der Waals surface area contributed by atoms with Gasteiger partial charge in [-0.2, -0.15) is 5.21 Å². The highest BCUT2D eigenvalue weighted by Gasteiger charge is 2.32. The van der Waals surface area contributed by atoms with E-state index in [1.807, 2.05) is 18.3 Å². The maximum absolute atomic E-state index is 12.1. The number of nitrogens with zero attached hydrogens (tertiary/aromatic N) is 4. The van der Waals surface area contributed by atoms with Crippen molar-refractivity contribution >= 4 is 5.91 Å². The molecule has 7 nitrogen and oxygen atoms in total. The third kappa shape index (κ3) is 1.69. The van der Waals surface area contributed by atoms with Crippen LogP contribution >= 0.6 is 0 Å². The summed E-state index contributed by atoms with van der Waals surface area (Å²) in [6.45, 7) is 0.733. The number of nitrogens with one attached hydrogen (secondary N) is 2. The fraction of sp³-hybridized carbons (Fsp3) is 0.400. The van der Waals surface area contributed by atoms with Gasteiger partial charge in [-0.15, -0.1) is 10.2 Å². The maximum atomic E-state index is 12.1. The lowest BCUT2D eigenvalue weighted by molar-refractivity contribution is 0.0721. The van der Waals surface area contributed by atoms with Crippen LogP contribution < -0.4 is 0 Å². The van der Waals surface area contributed by atoms with E-state index in [1.165, 1.54) is 0 Å². The van der Waals surface area contributed by atoms with E-state index in [0.717, 1.165) is 25.1 Å². The molecule has 88 valence electrons. The number of amides is 1. The van der Waals surface area contributed by atoms with Crippen LogP contribution in [-0.2, 0) is 0 Å². The summed E-state index contributed by atoms with van der Waals surface area (Å²) in [7, 11) is 0. The first-order chi connectivity index (χ1) is 8.36. The first-order valence-electron chi connectivity index (χ1n) is 5.54. The molecule has 3 rings (SSSR count). The summed E-state index contributed by atoms with van der Waals surface area (Å²) in [5, 5.41) is 13.2. The molecule has 3 heterocycles. The van der Waals surface area contributed by atoms with Gasteiger partial charge in [0.15, 0.2) is 0 Å². The van der Waals surface area contributed by atoms with Gasteiger partial charge >= 0.3 is 0 Å². The molecule has 2 N–H and O–H groups in total. The fourth-order valence-corrected chi connectivity index (χ4v) is 2.27. The Morgan fingerprint density at radius 3 is 3.18 bits per heavy atom. The summed E-state index contributed by atoms with van der Waals surface area (Å²) < 4.78 is 0. The molecule has 1 unspecified atom stereocenters. The zero-order valence-electron chi connectivity index (χ0n) is 9.13. The zero-order chi connectivity index (χ0) is 11.7. The largest absolute Gasteiger partial charge is 0.363 e. The van der Waals surface area contributed by atoms with Gasteiger partial charge in [-0.1, -0.05) is 0 Å². The summed E-state index contributed by atoms with van der Waals surface area (Å²) >= 11 is 0. The van der Waals surface area contributed by atoms with Gasteiger partial charge in [-0.3, -0.25) is 4.79 Å². The molecular formula is C10H12N6O. The second-order valence-electron chi connectivity index (χ2n) is 4.02. The Hall–Kier alpha value is -2.18. The van der Waals surface area contributed by atoms with Crippen LogP contribution in [0.25, 0.3) is 0 Å². The monoisotopic (exact) mass is 232 g/mol. The van der Waals surface area contributed by atoms with Crippen molar-refractivity contribution in [2.45, 2.75) is 18.9 Å². The van der Waals surface area contributed by atoms with E-state index in [2.05, 4.69) is 25.6 Å². The van der Waals surface area contributed by atoms with E-state index < -0.39 is 0 Å². The van der Waals surface area contributed by atoms with Gasteiger partial charge in [-0.25, -0.2) is 0 Å². The van der Waals surface area contributed by atoms with Crippen LogP contribution in [-0.4, -0.2) is 43.0 Å². The van der Waals surface area contributed by atoms with Gasteiger partial charge in [0.05, 0.1) is 6.04 Å². The third-order valence-corrected chi connectivity index (χ3v) is 3.03. The molecule has 1 aliphatic heterocycles. The Morgan fingerprint density at radius 2 is 2.47 bits per heavy atom. The molecule has 1 amide bonds. The third-order valence-electron chi connectivity index (χ3n) is 3.03. The molecule has 2 aromatic rings. The Balaban J connectivity index is 1.85. The second kappa shape index (κ2) is 4.00. The number of carbonyl (C=O) groups is 1. The number of hydrogen-bond donors (Lipinski definition) is 2. The van der Waals surface area contributed by atoms with Crippen LogP contribution in [0.15, 0.2) is 18.3 Å². The number of aromatic nitrogens is 5. The molecule has 1 saturated heterocycles. The van der Waals surface area contributed by atoms with Crippen LogP contribution in [0.2, 0.25) is 0 Å². The number of carbonyl (C=O) groups excluding carboxylic acids is 1. The average Bonchev–Trinajstić information content (AvgIpc) is 3.09. The van der Waals surface area contributed by atoms with Crippen molar-refractivity contribution in [3.63, 3.8) is 0 Å². The topological polar surface area (TPSA) is 90.6 Å². The highest BCUT2D eigenvalue weighted by atomic mass is 16.2. The quantitative estimate of drug-likeness (QED) is 0.789. The van der Waals surface area contributed by atoms with Gasteiger partial charge in [-0.05, 0) is 30.2 Å². The first kappa shape index (κ1) is 10.0. The Labute approximate surface area is 97.2 Å². The molecule has 0 aliphatic carbocycles. The average molecular weight is 232 g/mol. The van der Waals surface area contributed by atoms with E-state index in [0.29, 0.717) is 0 Å². The molecule has 0 aromatic carbocycles. The minimum absolute atomic E-state index is 0.0935. The lowest BCUT2D eigenvalue weighted by Crippen LogP contribution is -2.31. The SMILES string of the molecule is O=C(c1nn[nH]n1)N1CCCC1c1ccc[nH]1. The van der Waals surface area contributed by atoms with E-state index in [9.17, 15) is 4.79 Å². The van der Waals surface area contributed by atoms with Crippen molar-refractivity contribution in [2.24, 2.45) is 0 Å². The van der Waals surface area contributed by atoms with Gasteiger partial charge in [0, 0.05) is 18.4 Å². The van der Waals surface area contributed by atoms with E-state index in [4.69, 9.17) is 0 Å². The Kier molecular flexibility index (Phi) is 2.36. The van der Waals surface area contributed by atoms with Crippen molar-refractivity contribution in [3.05, 3.63) is 29.8 Å². The molecule has 2 aromatic heterocycles. The number of aromatic amines is 2. The molecule has 0 spiro atoms. The number of hydrogen-bond acceptors (Lipinski definition) is 4. The summed E-state index contributed by atoms with van der Waals surface area (Å²) in [6, 6.07) is 4.02. The lowest BCUT2D eigenvalue weighted by atomic mass is 10.1. The van der Waals surface area contributed by atoms with Crippen molar-refractivity contribution in [1.29, 1.82) is 0 Å². The number of tetrazole rings is 1. The highest BCUT2D eigenvalue weighted by molar-refractivity contribution is 5.90. The molecule has 0 saturated carbocycles. The van der Waals surface area contributed by atoms with Crippen LogP contribution in [0.5, 0.6) is 0 Å². The molecule has 0 bridgehead atoms. The van der Waals surface area contributed by atoms with Crippen molar-refractivity contribution in [2.75, 3.05) is 6.54 Å². The first-order valence-corrected chi connectivity index (χ1v) is 5.54. The Morgan fingerprint density at radius 1 is 1.53 bits per heavy atom. The van der Waals surface area contributed by atoms with Crippen molar-refractivity contribution in [3.8, 4) is 0 Å². The molecule has 1 atom stereocenters. The van der Waals surface area contributed by atoms with E-state index >= 15 is 0 Å². The summed E-state index contributed by atoms with van der Waals surface area (Å²) in [5.74, 6) is -0.0423. The van der Waals surface area contributed by atoms with Gasteiger partial charge in [0.25, 0.3) is 11.7 Å². The smallest absolute Gasteiger partial charge is 0.296 e. The predicted molar refractivity (Wildman–Crippen MR) is 58.0 cm³/mol. The van der Waals surface area contributed by atoms with E-state index in [1.54, 1.807) is 4.90 Å². The summed E-state index contributed by atoms with van der Waals surface area (Å²) in [5.41, 5.74) is 1.05. The summed E-state index contributed by atoms with van der Waals surface area (Å²) in [4.78, 5) is 17.1. The number of H-pyrrole nitrogens is 2. The van der Waals surface area contributed by atoms with Gasteiger partial charge in [0.2, 0.25) is 0 Å². The van der Waals surface area contributed by atoms with E-state index in [-0.39, 0.29) is 17.8 Å². The maximum Gasteiger partial charge on any atom is 0.296 e. The normalized spacial score (nSPS) is 19.8. The van der Waals surface area contributed by atoms with Gasteiger partial charge < -0.3 is 9.88 Å². The molecular weight excluding hydrogens is 220 g/mol. The fourth-order valence-electron chi connectivity index (χ4n) is 2.27. The van der Waals surface area contributed by atoms with Crippen LogP contribution in [0, 0.1) is 0 Å². The molecule has 1 aliphatic rings. The molecule has 1 fully saturated rings. The minimum atomic E-state index is -0.171. The number of rotatable bonds is 2. The lowest BCUT2D eigenvalue weighted by Gasteiger charge is -2.22. The number of likely N-dealkylation sites (tertiary alicyclic amines) is 1. The zero-order valence-corrected chi connectivity index (χ0v) is 9.13. The molecule has 17 heavy (non-hydrogen) atoms. The predicted octanol–water partition coefficient (Wildman–Crippen LogP) is 0.505. The van der Waals surface area contributed by atoms with Crippen molar-refractivity contribution in [1.82, 2.24) is 30.5 Å². The standard InChI is InChI=1S/C10H12N6O/c17-10(9-12-14-15-13-9)16-6-2-4-8(16)7-3-1-5-11-7/h1,3,5,8,11H,2,4,6H2,(H,12,13,14,15). The minimum Gasteiger partial charge on any atom is -0.363 e. The van der Waals surface area contributed by atoms with Crippen LogP contribution in [0.1, 0.15) is 35.2 Å². The van der Waals surface area contributed by atoms with Crippen molar-refractivity contribution < 1.29 is 4.79 Å². The molecule has 7 heteroatoms. The van der Waals surface area contributed by atoms with Gasteiger partial charge in [0.1, 0.15) is 0 Å². The Bertz CT molecular complexity index is 491. The molecule has 0 radical (unpaired) electrons.